The highest BCUT2D eigenvalue weighted by molar-refractivity contribution is 5.66. The second-order valence-electron chi connectivity index (χ2n) is 2.66. The van der Waals surface area contributed by atoms with Gasteiger partial charge in [-0.2, -0.15) is 0 Å². The quantitative estimate of drug-likeness (QED) is 0.598. The summed E-state index contributed by atoms with van der Waals surface area (Å²) in [5, 5.41) is 11.4. The van der Waals surface area contributed by atoms with Gasteiger partial charge in [0, 0.05) is 19.2 Å². The van der Waals surface area contributed by atoms with Gasteiger partial charge in [0.2, 0.25) is 0 Å². The molecule has 0 bridgehead atoms. The Morgan fingerprint density at radius 1 is 1.73 bits per heavy atom. The smallest absolute Gasteiger partial charge is 0.304 e. The number of rotatable bonds is 4. The van der Waals surface area contributed by atoms with Crippen LogP contribution in [0.3, 0.4) is 0 Å². The van der Waals surface area contributed by atoms with Crippen molar-refractivity contribution in [3.05, 3.63) is 0 Å². The van der Waals surface area contributed by atoms with Gasteiger partial charge in [0.15, 0.2) is 0 Å². The minimum atomic E-state index is -0.753. The second kappa shape index (κ2) is 4.31. The monoisotopic (exact) mass is 159 g/mol. The molecule has 1 aliphatic heterocycles. The molecule has 2 N–H and O–H groups in total. The van der Waals surface area contributed by atoms with Crippen molar-refractivity contribution in [2.75, 3.05) is 19.8 Å². The summed E-state index contributed by atoms with van der Waals surface area (Å²) in [4.78, 5) is 10.1. The minimum absolute atomic E-state index is 0.191. The summed E-state index contributed by atoms with van der Waals surface area (Å²) in [6.45, 7) is 2.06. The molecule has 0 saturated carbocycles. The average Bonchev–Trinajstić information content (AvgIpc) is 2.39. The Balaban J connectivity index is 1.98. The van der Waals surface area contributed by atoms with Crippen molar-refractivity contribution in [3.8, 4) is 0 Å². The van der Waals surface area contributed by atoms with E-state index in [4.69, 9.17) is 9.84 Å². The predicted molar refractivity (Wildman–Crippen MR) is 39.5 cm³/mol. The molecule has 1 unspecified atom stereocenters. The van der Waals surface area contributed by atoms with Crippen LogP contribution in [0.4, 0.5) is 0 Å². The van der Waals surface area contributed by atoms with E-state index in [0.717, 1.165) is 19.6 Å². The van der Waals surface area contributed by atoms with E-state index >= 15 is 0 Å². The van der Waals surface area contributed by atoms with Gasteiger partial charge >= 0.3 is 5.97 Å². The molecule has 4 nitrogen and oxygen atoms in total. The highest BCUT2D eigenvalue weighted by Gasteiger charge is 2.14. The highest BCUT2D eigenvalue weighted by Crippen LogP contribution is 2.02. The molecule has 0 spiro atoms. The summed E-state index contributed by atoms with van der Waals surface area (Å²) in [5.74, 6) is -0.753. The number of carboxylic acid groups (broad SMARTS) is 1. The Morgan fingerprint density at radius 3 is 3.09 bits per heavy atom. The molecule has 0 aromatic carbocycles. The fraction of sp³-hybridized carbons (Fsp3) is 0.857. The van der Waals surface area contributed by atoms with Gasteiger partial charge in [-0.1, -0.05) is 0 Å². The van der Waals surface area contributed by atoms with Gasteiger partial charge in [0.25, 0.3) is 0 Å². The zero-order valence-electron chi connectivity index (χ0n) is 6.38. The summed E-state index contributed by atoms with van der Waals surface area (Å²) in [7, 11) is 0. The molecule has 1 saturated heterocycles. The Hall–Kier alpha value is -0.610. The van der Waals surface area contributed by atoms with Crippen molar-refractivity contribution in [2.24, 2.45) is 0 Å². The van der Waals surface area contributed by atoms with Crippen molar-refractivity contribution in [3.63, 3.8) is 0 Å². The van der Waals surface area contributed by atoms with Gasteiger partial charge < -0.3 is 15.2 Å². The topological polar surface area (TPSA) is 58.6 Å². The molecular formula is C7H13NO3. The van der Waals surface area contributed by atoms with Crippen molar-refractivity contribution in [1.29, 1.82) is 0 Å². The van der Waals surface area contributed by atoms with Crippen LogP contribution >= 0.6 is 0 Å². The second-order valence-corrected chi connectivity index (χ2v) is 2.66. The first-order valence-corrected chi connectivity index (χ1v) is 3.82. The first-order chi connectivity index (χ1) is 5.29. The van der Waals surface area contributed by atoms with Gasteiger partial charge in [-0.15, -0.1) is 0 Å². The number of ether oxygens (including phenoxy) is 1. The van der Waals surface area contributed by atoms with Gasteiger partial charge in [-0.05, 0) is 6.42 Å². The van der Waals surface area contributed by atoms with Crippen LogP contribution in [-0.4, -0.2) is 36.9 Å². The maximum absolute atomic E-state index is 10.1. The lowest BCUT2D eigenvalue weighted by Crippen LogP contribution is -2.30. The van der Waals surface area contributed by atoms with Crippen molar-refractivity contribution in [1.82, 2.24) is 5.32 Å². The van der Waals surface area contributed by atoms with Gasteiger partial charge in [-0.25, -0.2) is 0 Å². The fourth-order valence-electron chi connectivity index (χ4n) is 1.08. The summed E-state index contributed by atoms with van der Waals surface area (Å²) < 4.78 is 5.10. The summed E-state index contributed by atoms with van der Waals surface area (Å²) in [6.07, 6.45) is 1.19. The van der Waals surface area contributed by atoms with Gasteiger partial charge in [-0.3, -0.25) is 4.79 Å². The van der Waals surface area contributed by atoms with Gasteiger partial charge in [0.05, 0.1) is 13.0 Å². The third kappa shape index (κ3) is 3.34. The lowest BCUT2D eigenvalue weighted by molar-refractivity contribution is -0.136. The normalized spacial score (nSPS) is 23.8. The van der Waals surface area contributed by atoms with Crippen molar-refractivity contribution >= 4 is 5.97 Å². The number of carboxylic acids is 1. The van der Waals surface area contributed by atoms with Crippen LogP contribution in [0.5, 0.6) is 0 Å². The molecule has 1 heterocycles. The molecule has 0 radical (unpaired) electrons. The largest absolute Gasteiger partial charge is 0.481 e. The molecule has 64 valence electrons. The van der Waals surface area contributed by atoms with E-state index in [1.807, 2.05) is 0 Å². The molecule has 0 aromatic rings. The third-order valence-corrected chi connectivity index (χ3v) is 1.70. The number of aliphatic carboxylic acids is 1. The Bertz CT molecular complexity index is 132. The molecule has 0 amide bonds. The Kier molecular flexibility index (Phi) is 3.32. The van der Waals surface area contributed by atoms with Crippen molar-refractivity contribution in [2.45, 2.75) is 18.9 Å². The first-order valence-electron chi connectivity index (χ1n) is 3.82. The van der Waals surface area contributed by atoms with E-state index < -0.39 is 5.97 Å². The SMILES string of the molecule is O=C(O)CCNC1CCOC1. The van der Waals surface area contributed by atoms with E-state index in [2.05, 4.69) is 5.32 Å². The summed E-state index contributed by atoms with van der Waals surface area (Å²) >= 11 is 0. The standard InChI is InChI=1S/C7H13NO3/c9-7(10)1-3-8-6-2-4-11-5-6/h6,8H,1-5H2,(H,9,10). The maximum atomic E-state index is 10.1. The van der Waals surface area contributed by atoms with Crippen molar-refractivity contribution < 1.29 is 14.6 Å². The predicted octanol–water partition coefficient (Wildman–Crippen LogP) is -0.160. The maximum Gasteiger partial charge on any atom is 0.304 e. The van der Waals surface area contributed by atoms with Gasteiger partial charge in [0.1, 0.15) is 0 Å². The highest BCUT2D eigenvalue weighted by atomic mass is 16.5. The van der Waals surface area contributed by atoms with Crippen LogP contribution in [-0.2, 0) is 9.53 Å². The zero-order chi connectivity index (χ0) is 8.10. The molecule has 0 aromatic heterocycles. The van der Waals surface area contributed by atoms with E-state index in [1.165, 1.54) is 0 Å². The molecule has 1 aliphatic rings. The summed E-state index contributed by atoms with van der Waals surface area (Å²) in [6, 6.07) is 0.370. The minimum Gasteiger partial charge on any atom is -0.481 e. The molecule has 1 fully saturated rings. The number of hydrogen-bond donors (Lipinski definition) is 2. The molecule has 0 aliphatic carbocycles. The molecule has 11 heavy (non-hydrogen) atoms. The molecule has 1 atom stereocenters. The van der Waals surface area contributed by atoms with Crippen LogP contribution in [0.2, 0.25) is 0 Å². The molecular weight excluding hydrogens is 146 g/mol. The third-order valence-electron chi connectivity index (χ3n) is 1.70. The lowest BCUT2D eigenvalue weighted by atomic mass is 10.2. The van der Waals surface area contributed by atoms with E-state index in [9.17, 15) is 4.79 Å². The van der Waals surface area contributed by atoms with E-state index in [0.29, 0.717) is 12.6 Å². The Labute approximate surface area is 65.5 Å². The van der Waals surface area contributed by atoms with Crippen LogP contribution in [0, 0.1) is 0 Å². The van der Waals surface area contributed by atoms with Crippen LogP contribution in [0.15, 0.2) is 0 Å². The summed E-state index contributed by atoms with van der Waals surface area (Å²) in [5.41, 5.74) is 0. The van der Waals surface area contributed by atoms with E-state index in [-0.39, 0.29) is 6.42 Å². The zero-order valence-corrected chi connectivity index (χ0v) is 6.38. The molecule has 1 rings (SSSR count). The first kappa shape index (κ1) is 8.49. The lowest BCUT2D eigenvalue weighted by Gasteiger charge is -2.07. The number of nitrogens with one attached hydrogen (secondary N) is 1. The van der Waals surface area contributed by atoms with E-state index in [1.54, 1.807) is 0 Å². The van der Waals surface area contributed by atoms with Crippen LogP contribution in [0.25, 0.3) is 0 Å². The molecule has 4 heteroatoms. The fourth-order valence-corrected chi connectivity index (χ4v) is 1.08. The number of carbonyl (C=O) groups is 1. The Morgan fingerprint density at radius 2 is 2.55 bits per heavy atom. The number of hydrogen-bond acceptors (Lipinski definition) is 3. The van der Waals surface area contributed by atoms with Crippen LogP contribution < -0.4 is 5.32 Å². The van der Waals surface area contributed by atoms with Crippen LogP contribution in [0.1, 0.15) is 12.8 Å². The average molecular weight is 159 g/mol.